The van der Waals surface area contributed by atoms with Crippen molar-refractivity contribution in [3.05, 3.63) is 102 Å². The second kappa shape index (κ2) is 16.3. The summed E-state index contributed by atoms with van der Waals surface area (Å²) in [6.45, 7) is -2.19. The van der Waals surface area contributed by atoms with E-state index in [0.717, 1.165) is 29.1 Å². The standard InChI is InChI=1S/C25H30N4O23P4/c30-15-6-8-28(24(34)26-15)21-18(33)17(32)13(46-21)10-44-53(36,37)50-55(40,41)52-56(42,43)51-54(38,39)45-11-14-19-20(49-23(48-19)12-4-2-1-3-5-12)22(47-14)29-9-7-16(31)27-25(29)35/h1-9,13-14,17-23,32-33H,10-11H2,(H,36,37)(H,38,39)(H,40,41)(H,42,43)(H,26,30,34)(H,27,31,35)/t13-,14-,17-,18-,19-,20-,21-,22-,23?/m1/s1. The number of aromatic amines is 2. The molecule has 0 saturated carbocycles. The van der Waals surface area contributed by atoms with E-state index in [1.165, 1.54) is 0 Å². The number of aliphatic hydroxyl groups is 2. The number of aliphatic hydroxyl groups excluding tert-OH is 2. The molecule has 5 heterocycles. The molecule has 0 aliphatic carbocycles. The van der Waals surface area contributed by atoms with Gasteiger partial charge in [-0.05, 0) is 0 Å². The van der Waals surface area contributed by atoms with Gasteiger partial charge in [0.25, 0.3) is 11.1 Å². The van der Waals surface area contributed by atoms with Crippen LogP contribution >= 0.6 is 31.3 Å². The van der Waals surface area contributed by atoms with Crippen LogP contribution in [0.25, 0.3) is 0 Å². The summed E-state index contributed by atoms with van der Waals surface area (Å²) in [5.74, 6) is 0. The molecule has 8 N–H and O–H groups in total. The van der Waals surface area contributed by atoms with Gasteiger partial charge in [-0.2, -0.15) is 12.9 Å². The number of phosphoric acid groups is 4. The molecular weight excluding hydrogens is 848 g/mol. The minimum atomic E-state index is -6.24. The summed E-state index contributed by atoms with van der Waals surface area (Å²) in [5.41, 5.74) is -3.00. The van der Waals surface area contributed by atoms with E-state index in [0.29, 0.717) is 10.1 Å². The number of nitrogens with one attached hydrogen (secondary N) is 2. The molecule has 5 unspecified atom stereocenters. The van der Waals surface area contributed by atoms with Crippen LogP contribution in [0.15, 0.2) is 74.0 Å². The first-order valence-electron chi connectivity index (χ1n) is 15.5. The zero-order valence-electron chi connectivity index (χ0n) is 27.6. The van der Waals surface area contributed by atoms with Gasteiger partial charge in [-0.1, -0.05) is 30.3 Å². The molecule has 3 fully saturated rings. The van der Waals surface area contributed by atoms with E-state index >= 15 is 0 Å². The van der Waals surface area contributed by atoms with E-state index in [1.54, 1.807) is 30.3 Å². The van der Waals surface area contributed by atoms with Gasteiger partial charge in [0.2, 0.25) is 0 Å². The van der Waals surface area contributed by atoms with Crippen molar-refractivity contribution in [2.24, 2.45) is 0 Å². The first kappa shape index (κ1) is 42.5. The van der Waals surface area contributed by atoms with Crippen molar-refractivity contribution in [1.82, 2.24) is 19.1 Å². The molecule has 3 saturated heterocycles. The fourth-order valence-corrected chi connectivity index (χ4v) is 10.6. The third kappa shape index (κ3) is 9.94. The van der Waals surface area contributed by atoms with E-state index in [4.69, 9.17) is 23.5 Å². The number of rotatable bonds is 15. The van der Waals surface area contributed by atoms with Crippen molar-refractivity contribution < 1.29 is 89.0 Å². The van der Waals surface area contributed by atoms with Gasteiger partial charge in [0.1, 0.15) is 36.6 Å². The second-order valence-corrected chi connectivity index (χ2v) is 18.0. The zero-order valence-corrected chi connectivity index (χ0v) is 31.2. The zero-order chi connectivity index (χ0) is 40.8. The number of hydrogen-bond donors (Lipinski definition) is 8. The predicted octanol–water partition coefficient (Wildman–Crippen LogP) is -1.43. The summed E-state index contributed by atoms with van der Waals surface area (Å²) >= 11 is 0. The van der Waals surface area contributed by atoms with Crippen molar-refractivity contribution in [2.75, 3.05) is 13.2 Å². The predicted molar refractivity (Wildman–Crippen MR) is 176 cm³/mol. The van der Waals surface area contributed by atoms with Crippen LogP contribution in [0, 0.1) is 0 Å². The molecule has 3 aromatic rings. The van der Waals surface area contributed by atoms with E-state index in [-0.39, 0.29) is 0 Å². The summed E-state index contributed by atoms with van der Waals surface area (Å²) in [6, 6.07) is 10.3. The lowest BCUT2D eigenvalue weighted by Crippen LogP contribution is -2.37. The van der Waals surface area contributed by atoms with Crippen molar-refractivity contribution in [3.63, 3.8) is 0 Å². The molecular formula is C25H30N4O23P4. The lowest BCUT2D eigenvalue weighted by molar-refractivity contribution is -0.154. The summed E-state index contributed by atoms with van der Waals surface area (Å²) < 4.78 is 95.4. The number of H-pyrrole nitrogens is 2. The van der Waals surface area contributed by atoms with Gasteiger partial charge in [-0.3, -0.25) is 37.7 Å². The number of hydrogen-bond acceptors (Lipinski definition) is 19. The molecule has 6 rings (SSSR count). The summed E-state index contributed by atoms with van der Waals surface area (Å²) in [6.07, 6.45) is -11.2. The topological polar surface area (TPSA) is 382 Å². The van der Waals surface area contributed by atoms with E-state index in [1.807, 2.05) is 9.97 Å². The highest BCUT2D eigenvalue weighted by molar-refractivity contribution is 7.69. The monoisotopic (exact) mass is 878 g/mol. The Hall–Kier alpha value is -3.10. The van der Waals surface area contributed by atoms with Gasteiger partial charge >= 0.3 is 42.7 Å². The minimum absolute atomic E-state index is 0.523. The first-order valence-corrected chi connectivity index (χ1v) is 21.5. The molecule has 2 aromatic heterocycles. The maximum absolute atomic E-state index is 12.7. The number of nitrogens with zero attached hydrogens (tertiary/aromatic N) is 2. The molecule has 56 heavy (non-hydrogen) atoms. The SMILES string of the molecule is O=c1ccn([C@@H]2O[C@H](COP(=O)(O)OP(=O)(O)OP(=O)(O)OP(=O)(O)OC[C@H]3O[C@@H](n4ccc(=O)[nH]c4=O)[C@@H]4OC(c5ccccc5)O[C@@H]43)[C@@H](O)[C@H]2O)c(=O)[nH]1. The van der Waals surface area contributed by atoms with Gasteiger partial charge in [-0.25, -0.2) is 27.8 Å². The number of aromatic nitrogens is 4. The Bertz CT molecular complexity index is 2350. The molecule has 1 aromatic carbocycles. The Kier molecular flexibility index (Phi) is 12.4. The van der Waals surface area contributed by atoms with Gasteiger partial charge in [-0.15, -0.1) is 0 Å². The molecule has 0 radical (unpaired) electrons. The van der Waals surface area contributed by atoms with Gasteiger partial charge in [0.15, 0.2) is 18.7 Å². The van der Waals surface area contributed by atoms with E-state index in [9.17, 15) is 67.2 Å². The lowest BCUT2D eigenvalue weighted by Gasteiger charge is -2.23. The van der Waals surface area contributed by atoms with Crippen molar-refractivity contribution in [2.45, 2.75) is 55.4 Å². The van der Waals surface area contributed by atoms with Crippen LogP contribution in [-0.2, 0) is 59.2 Å². The molecule has 31 heteroatoms. The van der Waals surface area contributed by atoms with Crippen molar-refractivity contribution in [1.29, 1.82) is 0 Å². The molecule has 3 aliphatic heterocycles. The van der Waals surface area contributed by atoms with Crippen molar-refractivity contribution in [3.8, 4) is 0 Å². The van der Waals surface area contributed by atoms with Crippen LogP contribution in [0.2, 0.25) is 0 Å². The highest BCUT2D eigenvalue weighted by Crippen LogP contribution is 2.71. The molecule has 0 spiro atoms. The largest absolute Gasteiger partial charge is 0.490 e. The number of fused-ring (bicyclic) bond motifs is 1. The average molecular weight is 878 g/mol. The Labute approximate surface area is 309 Å². The smallest absolute Gasteiger partial charge is 0.387 e. The molecule has 0 amide bonds. The molecule has 13 atom stereocenters. The maximum Gasteiger partial charge on any atom is 0.490 e. The summed E-state index contributed by atoms with van der Waals surface area (Å²) in [7, 11) is -24.1. The van der Waals surface area contributed by atoms with Gasteiger partial charge in [0.05, 0.1) is 13.2 Å². The van der Waals surface area contributed by atoms with Crippen LogP contribution in [-0.4, -0.2) is 98.7 Å². The Morgan fingerprint density at radius 1 is 0.589 bits per heavy atom. The highest BCUT2D eigenvalue weighted by Gasteiger charge is 2.55. The van der Waals surface area contributed by atoms with Crippen LogP contribution in [0.5, 0.6) is 0 Å². The quantitative estimate of drug-likeness (QED) is 0.0811. The second-order valence-electron chi connectivity index (χ2n) is 11.8. The maximum atomic E-state index is 12.7. The Morgan fingerprint density at radius 3 is 1.59 bits per heavy atom. The number of ether oxygens (including phenoxy) is 4. The van der Waals surface area contributed by atoms with Crippen LogP contribution in [0.3, 0.4) is 0 Å². The molecule has 0 bridgehead atoms. The van der Waals surface area contributed by atoms with Crippen LogP contribution < -0.4 is 22.5 Å². The Balaban J connectivity index is 1.05. The summed E-state index contributed by atoms with van der Waals surface area (Å²) in [5, 5.41) is 20.5. The average Bonchev–Trinajstić information content (AvgIpc) is 3.74. The number of phosphoric ester groups is 2. The minimum Gasteiger partial charge on any atom is -0.387 e. The normalized spacial score (nSPS) is 31.9. The molecule has 27 nitrogen and oxygen atoms in total. The van der Waals surface area contributed by atoms with Crippen LogP contribution in [0.4, 0.5) is 0 Å². The summed E-state index contributed by atoms with van der Waals surface area (Å²) in [4.78, 5) is 91.4. The van der Waals surface area contributed by atoms with Crippen molar-refractivity contribution >= 4 is 31.3 Å². The number of benzene rings is 1. The lowest BCUT2D eigenvalue weighted by atomic mass is 10.1. The Morgan fingerprint density at radius 2 is 1.05 bits per heavy atom. The highest BCUT2D eigenvalue weighted by atomic mass is 31.3. The fraction of sp³-hybridized carbons (Fsp3) is 0.440. The van der Waals surface area contributed by atoms with E-state index in [2.05, 4.69) is 17.5 Å². The third-order valence-corrected chi connectivity index (χ3v) is 13.8. The van der Waals surface area contributed by atoms with Crippen LogP contribution in [0.1, 0.15) is 24.3 Å². The van der Waals surface area contributed by atoms with E-state index < -0.39 is 122 Å². The molecule has 308 valence electrons. The fourth-order valence-electron chi connectivity index (χ4n) is 5.62. The van der Waals surface area contributed by atoms with Gasteiger partial charge in [0, 0.05) is 30.1 Å². The molecule has 3 aliphatic rings. The van der Waals surface area contributed by atoms with Gasteiger partial charge < -0.3 is 48.7 Å². The first-order chi connectivity index (χ1) is 26.1. The third-order valence-electron chi connectivity index (χ3n) is 7.93.